The molecule has 0 aromatic carbocycles. The number of carbonyl (C=O) groups excluding carboxylic acids is 2. The number of fused-ring (bicyclic) bond motifs is 1. The van der Waals surface area contributed by atoms with Crippen molar-refractivity contribution in [2.45, 2.75) is 52.5 Å². The SMILES string of the molecule is CCOC(=O)C1CC2(C1)CC(N1C[C@@H]3C(C(=O)N(CC)CC)[C@@H]3C1)C2. The van der Waals surface area contributed by atoms with Gasteiger partial charge in [-0.2, -0.15) is 0 Å². The molecule has 5 heteroatoms. The van der Waals surface area contributed by atoms with E-state index in [9.17, 15) is 9.59 Å². The van der Waals surface area contributed by atoms with Gasteiger partial charge in [0, 0.05) is 38.1 Å². The monoisotopic (exact) mass is 348 g/mol. The van der Waals surface area contributed by atoms with Gasteiger partial charge < -0.3 is 9.64 Å². The van der Waals surface area contributed by atoms with Gasteiger partial charge in [0.15, 0.2) is 0 Å². The van der Waals surface area contributed by atoms with Crippen LogP contribution in [0.2, 0.25) is 0 Å². The Morgan fingerprint density at radius 2 is 1.64 bits per heavy atom. The standard InChI is InChI=1S/C20H32N2O3/c1-4-21(5-2)18(23)17-15-11-22(12-16(15)17)14-9-20(10-14)7-13(8-20)19(24)25-6-3/h13-17H,4-12H2,1-3H3/t13?,14?,15-,16+,17?,20?. The molecular weight excluding hydrogens is 316 g/mol. The summed E-state index contributed by atoms with van der Waals surface area (Å²) < 4.78 is 5.14. The number of nitrogens with zero attached hydrogens (tertiary/aromatic N) is 2. The lowest BCUT2D eigenvalue weighted by atomic mass is 9.50. The smallest absolute Gasteiger partial charge is 0.308 e. The first kappa shape index (κ1) is 17.3. The van der Waals surface area contributed by atoms with Crippen molar-refractivity contribution < 1.29 is 14.3 Å². The third-order valence-electron chi connectivity index (χ3n) is 7.41. The average molecular weight is 348 g/mol. The van der Waals surface area contributed by atoms with Crippen LogP contribution in [0.4, 0.5) is 0 Å². The van der Waals surface area contributed by atoms with Gasteiger partial charge in [0.2, 0.25) is 5.91 Å². The molecule has 140 valence electrons. The average Bonchev–Trinajstić information content (AvgIpc) is 3.01. The van der Waals surface area contributed by atoms with Gasteiger partial charge in [-0.05, 0) is 63.7 Å². The van der Waals surface area contributed by atoms with E-state index in [0.717, 1.165) is 39.0 Å². The number of carbonyl (C=O) groups is 2. The first-order valence-electron chi connectivity index (χ1n) is 10.2. The quantitative estimate of drug-likeness (QED) is 0.690. The Morgan fingerprint density at radius 1 is 1.04 bits per heavy atom. The largest absolute Gasteiger partial charge is 0.466 e. The van der Waals surface area contributed by atoms with Gasteiger partial charge in [0.05, 0.1) is 12.5 Å². The zero-order valence-corrected chi connectivity index (χ0v) is 15.9. The van der Waals surface area contributed by atoms with Gasteiger partial charge in [-0.1, -0.05) is 0 Å². The second-order valence-electron chi connectivity index (χ2n) is 8.74. The van der Waals surface area contributed by atoms with Gasteiger partial charge in [-0.3, -0.25) is 14.5 Å². The number of likely N-dealkylation sites (tertiary alicyclic amines) is 1. The van der Waals surface area contributed by atoms with E-state index in [1.807, 2.05) is 11.8 Å². The van der Waals surface area contributed by atoms with E-state index in [1.165, 1.54) is 12.8 Å². The van der Waals surface area contributed by atoms with Crippen LogP contribution < -0.4 is 0 Å². The van der Waals surface area contributed by atoms with Crippen LogP contribution in [0.5, 0.6) is 0 Å². The Hall–Kier alpha value is -1.10. The molecule has 3 atom stereocenters. The summed E-state index contributed by atoms with van der Waals surface area (Å²) >= 11 is 0. The van der Waals surface area contributed by atoms with Crippen LogP contribution in [0.1, 0.15) is 46.5 Å². The minimum absolute atomic E-state index is 0.0109. The Morgan fingerprint density at radius 3 is 2.16 bits per heavy atom. The Labute approximate surface area is 151 Å². The Bertz CT molecular complexity index is 533. The van der Waals surface area contributed by atoms with E-state index in [4.69, 9.17) is 4.74 Å². The summed E-state index contributed by atoms with van der Waals surface area (Å²) in [6.07, 6.45) is 4.56. The van der Waals surface area contributed by atoms with Crippen molar-refractivity contribution in [1.29, 1.82) is 0 Å². The van der Waals surface area contributed by atoms with Crippen molar-refractivity contribution in [3.8, 4) is 0 Å². The molecule has 0 radical (unpaired) electrons. The lowest BCUT2D eigenvalue weighted by molar-refractivity contribution is -0.165. The van der Waals surface area contributed by atoms with Crippen LogP contribution in [0.25, 0.3) is 0 Å². The molecule has 3 saturated carbocycles. The highest BCUT2D eigenvalue weighted by molar-refractivity contribution is 5.82. The summed E-state index contributed by atoms with van der Waals surface area (Å²) in [5.41, 5.74) is 0.436. The molecule has 4 fully saturated rings. The molecule has 0 N–H and O–H groups in total. The van der Waals surface area contributed by atoms with Crippen molar-refractivity contribution in [2.75, 3.05) is 32.8 Å². The lowest BCUT2D eigenvalue weighted by Crippen LogP contribution is -2.57. The second-order valence-corrected chi connectivity index (χ2v) is 8.74. The van der Waals surface area contributed by atoms with E-state index in [1.54, 1.807) is 0 Å². The van der Waals surface area contributed by atoms with E-state index in [2.05, 4.69) is 18.7 Å². The van der Waals surface area contributed by atoms with Crippen LogP contribution in [-0.2, 0) is 14.3 Å². The molecule has 1 amide bonds. The Kier molecular flexibility index (Phi) is 4.33. The lowest BCUT2D eigenvalue weighted by Gasteiger charge is -2.59. The van der Waals surface area contributed by atoms with Crippen LogP contribution in [0.3, 0.4) is 0 Å². The number of piperidine rings is 1. The molecule has 0 aromatic heterocycles. The van der Waals surface area contributed by atoms with Crippen molar-refractivity contribution in [3.05, 3.63) is 0 Å². The molecule has 1 spiro atoms. The number of esters is 1. The maximum atomic E-state index is 12.5. The molecule has 1 aliphatic heterocycles. The fourth-order valence-electron chi connectivity index (χ4n) is 5.91. The summed E-state index contributed by atoms with van der Waals surface area (Å²) in [6, 6.07) is 0.695. The van der Waals surface area contributed by atoms with Crippen molar-refractivity contribution >= 4 is 11.9 Å². The zero-order valence-electron chi connectivity index (χ0n) is 15.9. The molecule has 1 saturated heterocycles. The van der Waals surface area contributed by atoms with Crippen molar-refractivity contribution in [2.24, 2.45) is 29.1 Å². The number of hydrogen-bond donors (Lipinski definition) is 0. The fourth-order valence-corrected chi connectivity index (χ4v) is 5.91. The van der Waals surface area contributed by atoms with Gasteiger partial charge in [0.1, 0.15) is 0 Å². The van der Waals surface area contributed by atoms with Crippen LogP contribution in [0.15, 0.2) is 0 Å². The maximum absolute atomic E-state index is 12.5. The fraction of sp³-hybridized carbons (Fsp3) is 0.900. The van der Waals surface area contributed by atoms with Gasteiger partial charge in [0.25, 0.3) is 0 Å². The van der Waals surface area contributed by atoms with Crippen LogP contribution in [0, 0.1) is 29.1 Å². The molecule has 1 heterocycles. The highest BCUT2D eigenvalue weighted by Gasteiger charge is 2.63. The molecule has 0 aromatic rings. The molecule has 1 unspecified atom stereocenters. The predicted octanol–water partition coefficient (Wildman–Crippen LogP) is 2.15. The van der Waals surface area contributed by atoms with Crippen molar-refractivity contribution in [3.63, 3.8) is 0 Å². The summed E-state index contributed by atoms with van der Waals surface area (Å²) in [4.78, 5) is 28.9. The van der Waals surface area contributed by atoms with E-state index >= 15 is 0 Å². The third kappa shape index (κ3) is 2.79. The summed E-state index contributed by atoms with van der Waals surface area (Å²) in [5, 5.41) is 0. The zero-order chi connectivity index (χ0) is 17.8. The van der Waals surface area contributed by atoms with Crippen molar-refractivity contribution in [1.82, 2.24) is 9.80 Å². The predicted molar refractivity (Wildman–Crippen MR) is 94.8 cm³/mol. The highest BCUT2D eigenvalue weighted by atomic mass is 16.5. The topological polar surface area (TPSA) is 49.9 Å². The number of rotatable bonds is 6. The first-order valence-corrected chi connectivity index (χ1v) is 10.2. The minimum Gasteiger partial charge on any atom is -0.466 e. The number of hydrogen-bond acceptors (Lipinski definition) is 4. The maximum Gasteiger partial charge on any atom is 0.308 e. The summed E-state index contributed by atoms with van der Waals surface area (Å²) in [7, 11) is 0. The summed E-state index contributed by atoms with van der Waals surface area (Å²) in [6.45, 7) is 10.4. The highest BCUT2D eigenvalue weighted by Crippen LogP contribution is 2.62. The molecule has 5 nitrogen and oxygen atoms in total. The number of ether oxygens (including phenoxy) is 1. The Balaban J connectivity index is 1.20. The van der Waals surface area contributed by atoms with Gasteiger partial charge >= 0.3 is 5.97 Å². The molecular formula is C20H32N2O3. The minimum atomic E-state index is 0.0109. The normalized spacial score (nSPS) is 41.6. The number of amides is 1. The molecule has 0 bridgehead atoms. The molecule has 4 aliphatic rings. The van der Waals surface area contributed by atoms with Gasteiger partial charge in [-0.15, -0.1) is 0 Å². The molecule has 25 heavy (non-hydrogen) atoms. The van der Waals surface area contributed by atoms with Crippen LogP contribution >= 0.6 is 0 Å². The van der Waals surface area contributed by atoms with E-state index in [0.29, 0.717) is 41.7 Å². The van der Waals surface area contributed by atoms with Gasteiger partial charge in [-0.25, -0.2) is 0 Å². The molecule has 4 rings (SSSR count). The second kappa shape index (κ2) is 6.26. The molecule has 3 aliphatic carbocycles. The first-order chi connectivity index (χ1) is 12.0. The van der Waals surface area contributed by atoms with Crippen LogP contribution in [-0.4, -0.2) is 60.5 Å². The summed E-state index contributed by atoms with van der Waals surface area (Å²) in [5.74, 6) is 2.08. The van der Waals surface area contributed by atoms with E-state index < -0.39 is 0 Å². The van der Waals surface area contributed by atoms with E-state index in [-0.39, 0.29) is 11.9 Å². The third-order valence-corrected chi connectivity index (χ3v) is 7.41.